The summed E-state index contributed by atoms with van der Waals surface area (Å²) < 4.78 is 27.0. The van der Waals surface area contributed by atoms with Crippen molar-refractivity contribution >= 4 is 10.0 Å². The summed E-state index contributed by atoms with van der Waals surface area (Å²) in [5.41, 5.74) is 0.648. The standard InChI is InChI=1S/C15H23NO3S/c1-12(17)13-6-4-7-14(10-13)20(18,19)16-9-5-8-15(2,3)11-16/h4,6-7,10,12,17H,5,8-9,11H2,1-3H3. The predicted octanol–water partition coefficient (Wildman–Crippen LogP) is 2.55. The lowest BCUT2D eigenvalue weighted by molar-refractivity contribution is 0.186. The van der Waals surface area contributed by atoms with Crippen LogP contribution in [0, 0.1) is 5.41 Å². The van der Waals surface area contributed by atoms with E-state index in [1.165, 1.54) is 0 Å². The van der Waals surface area contributed by atoms with Gasteiger partial charge in [0.1, 0.15) is 0 Å². The second kappa shape index (κ2) is 5.47. The Morgan fingerprint density at radius 3 is 2.65 bits per heavy atom. The second-order valence-electron chi connectivity index (χ2n) is 6.35. The van der Waals surface area contributed by atoms with Crippen LogP contribution in [0.15, 0.2) is 29.2 Å². The number of hydrogen-bond donors (Lipinski definition) is 1. The molecule has 1 aliphatic rings. The lowest BCUT2D eigenvalue weighted by atomic mass is 9.85. The van der Waals surface area contributed by atoms with Crippen molar-refractivity contribution in [1.29, 1.82) is 0 Å². The average Bonchev–Trinajstić information content (AvgIpc) is 2.37. The van der Waals surface area contributed by atoms with Gasteiger partial charge in [0, 0.05) is 13.1 Å². The number of aliphatic hydroxyl groups excluding tert-OH is 1. The number of benzene rings is 1. The van der Waals surface area contributed by atoms with Crippen molar-refractivity contribution in [2.75, 3.05) is 13.1 Å². The van der Waals surface area contributed by atoms with Crippen LogP contribution in [0.4, 0.5) is 0 Å². The molecule has 2 rings (SSSR count). The summed E-state index contributed by atoms with van der Waals surface area (Å²) in [4.78, 5) is 0.272. The van der Waals surface area contributed by atoms with Crippen LogP contribution in [0.2, 0.25) is 0 Å². The van der Waals surface area contributed by atoms with Crippen LogP contribution < -0.4 is 0 Å². The zero-order valence-corrected chi connectivity index (χ0v) is 13.2. The fraction of sp³-hybridized carbons (Fsp3) is 0.600. The van der Waals surface area contributed by atoms with E-state index in [1.807, 2.05) is 0 Å². The SMILES string of the molecule is CC(O)c1cccc(S(=O)(=O)N2CCCC(C)(C)C2)c1. The van der Waals surface area contributed by atoms with Crippen molar-refractivity contribution in [1.82, 2.24) is 4.31 Å². The van der Waals surface area contributed by atoms with Gasteiger partial charge in [0.15, 0.2) is 0 Å². The van der Waals surface area contributed by atoms with E-state index in [1.54, 1.807) is 35.5 Å². The normalized spacial score (nSPS) is 21.6. The molecule has 0 radical (unpaired) electrons. The molecular formula is C15H23NO3S. The third kappa shape index (κ3) is 3.22. The van der Waals surface area contributed by atoms with Crippen LogP contribution in [-0.2, 0) is 10.0 Å². The first-order valence-corrected chi connectivity index (χ1v) is 8.45. The lowest BCUT2D eigenvalue weighted by Gasteiger charge is -2.37. The minimum atomic E-state index is -3.47. The van der Waals surface area contributed by atoms with E-state index in [4.69, 9.17) is 0 Å². The lowest BCUT2D eigenvalue weighted by Crippen LogP contribution is -2.43. The third-order valence-corrected chi connectivity index (χ3v) is 5.68. The average molecular weight is 297 g/mol. The molecule has 0 bridgehead atoms. The fourth-order valence-corrected chi connectivity index (χ4v) is 4.38. The minimum absolute atomic E-state index is 0.0210. The van der Waals surface area contributed by atoms with Gasteiger partial charge in [0.2, 0.25) is 10.0 Å². The zero-order chi connectivity index (χ0) is 15.0. The number of piperidine rings is 1. The maximum atomic E-state index is 12.7. The number of sulfonamides is 1. The molecule has 1 fully saturated rings. The Kier molecular flexibility index (Phi) is 4.23. The Hall–Kier alpha value is -0.910. The van der Waals surface area contributed by atoms with E-state index in [0.717, 1.165) is 12.8 Å². The Balaban J connectivity index is 2.33. The van der Waals surface area contributed by atoms with Crippen molar-refractivity contribution < 1.29 is 13.5 Å². The largest absolute Gasteiger partial charge is 0.389 e. The summed E-state index contributed by atoms with van der Waals surface area (Å²) in [6.45, 7) is 6.95. The molecule has 0 saturated carbocycles. The molecule has 1 N–H and O–H groups in total. The predicted molar refractivity (Wildman–Crippen MR) is 78.8 cm³/mol. The highest BCUT2D eigenvalue weighted by Crippen LogP contribution is 2.32. The topological polar surface area (TPSA) is 57.6 Å². The minimum Gasteiger partial charge on any atom is -0.389 e. The first-order valence-electron chi connectivity index (χ1n) is 7.01. The number of rotatable bonds is 3. The fourth-order valence-electron chi connectivity index (χ4n) is 2.66. The molecule has 1 unspecified atom stereocenters. The maximum Gasteiger partial charge on any atom is 0.243 e. The monoisotopic (exact) mass is 297 g/mol. The maximum absolute atomic E-state index is 12.7. The molecule has 1 saturated heterocycles. The van der Waals surface area contributed by atoms with Crippen molar-refractivity contribution in [3.05, 3.63) is 29.8 Å². The molecule has 112 valence electrons. The van der Waals surface area contributed by atoms with Gasteiger partial charge in [0.05, 0.1) is 11.0 Å². The molecule has 1 aliphatic heterocycles. The third-order valence-electron chi connectivity index (χ3n) is 3.84. The van der Waals surface area contributed by atoms with Crippen LogP contribution in [0.5, 0.6) is 0 Å². The van der Waals surface area contributed by atoms with Gasteiger partial charge < -0.3 is 5.11 Å². The summed E-state index contributed by atoms with van der Waals surface area (Å²) >= 11 is 0. The van der Waals surface area contributed by atoms with Gasteiger partial charge in [-0.15, -0.1) is 0 Å². The Bertz CT molecular complexity index is 579. The van der Waals surface area contributed by atoms with Crippen molar-refractivity contribution in [3.63, 3.8) is 0 Å². The first-order chi connectivity index (χ1) is 9.22. The molecule has 1 heterocycles. The molecule has 0 aliphatic carbocycles. The van der Waals surface area contributed by atoms with Gasteiger partial charge in [-0.05, 0) is 42.9 Å². The molecule has 20 heavy (non-hydrogen) atoms. The van der Waals surface area contributed by atoms with Crippen molar-refractivity contribution in [2.24, 2.45) is 5.41 Å². The quantitative estimate of drug-likeness (QED) is 0.933. The molecular weight excluding hydrogens is 274 g/mol. The van der Waals surface area contributed by atoms with Gasteiger partial charge in [-0.25, -0.2) is 8.42 Å². The summed E-state index contributed by atoms with van der Waals surface area (Å²) in [5, 5.41) is 9.60. The van der Waals surface area contributed by atoms with E-state index in [0.29, 0.717) is 18.7 Å². The first kappa shape index (κ1) is 15.5. The molecule has 4 nitrogen and oxygen atoms in total. The van der Waals surface area contributed by atoms with Crippen LogP contribution in [0.1, 0.15) is 45.3 Å². The van der Waals surface area contributed by atoms with E-state index >= 15 is 0 Å². The van der Waals surface area contributed by atoms with Gasteiger partial charge >= 0.3 is 0 Å². The number of aliphatic hydroxyl groups is 1. The summed E-state index contributed by atoms with van der Waals surface area (Å²) in [6, 6.07) is 6.60. The van der Waals surface area contributed by atoms with Gasteiger partial charge in [-0.2, -0.15) is 4.31 Å². The molecule has 1 aromatic carbocycles. The van der Waals surface area contributed by atoms with Crippen LogP contribution >= 0.6 is 0 Å². The molecule has 1 aromatic rings. The van der Waals surface area contributed by atoms with E-state index in [-0.39, 0.29) is 10.3 Å². The van der Waals surface area contributed by atoms with Gasteiger partial charge in [0.25, 0.3) is 0 Å². The van der Waals surface area contributed by atoms with Crippen LogP contribution in [-0.4, -0.2) is 30.9 Å². The second-order valence-corrected chi connectivity index (χ2v) is 8.29. The van der Waals surface area contributed by atoms with Crippen molar-refractivity contribution in [3.8, 4) is 0 Å². The number of nitrogens with zero attached hydrogens (tertiary/aromatic N) is 1. The highest BCUT2D eigenvalue weighted by atomic mass is 32.2. The smallest absolute Gasteiger partial charge is 0.243 e. The van der Waals surface area contributed by atoms with Gasteiger partial charge in [-0.3, -0.25) is 0 Å². The molecule has 1 atom stereocenters. The Morgan fingerprint density at radius 1 is 1.35 bits per heavy atom. The summed E-state index contributed by atoms with van der Waals surface area (Å²) in [6.07, 6.45) is 1.28. The van der Waals surface area contributed by atoms with Crippen LogP contribution in [0.25, 0.3) is 0 Å². The van der Waals surface area contributed by atoms with Crippen LogP contribution in [0.3, 0.4) is 0 Å². The van der Waals surface area contributed by atoms with E-state index < -0.39 is 16.1 Å². The summed E-state index contributed by atoms with van der Waals surface area (Å²) in [5.74, 6) is 0. The van der Waals surface area contributed by atoms with Gasteiger partial charge in [-0.1, -0.05) is 26.0 Å². The highest BCUT2D eigenvalue weighted by molar-refractivity contribution is 7.89. The zero-order valence-electron chi connectivity index (χ0n) is 12.3. The van der Waals surface area contributed by atoms with E-state index in [9.17, 15) is 13.5 Å². The number of hydrogen-bond acceptors (Lipinski definition) is 3. The Morgan fingerprint density at radius 2 is 2.05 bits per heavy atom. The summed E-state index contributed by atoms with van der Waals surface area (Å²) in [7, 11) is -3.47. The molecule has 0 spiro atoms. The Labute approximate surface area is 121 Å². The molecule has 0 amide bonds. The molecule has 0 aromatic heterocycles. The molecule has 5 heteroatoms. The van der Waals surface area contributed by atoms with Crippen molar-refractivity contribution in [2.45, 2.75) is 44.6 Å². The highest BCUT2D eigenvalue weighted by Gasteiger charge is 2.34. The van der Waals surface area contributed by atoms with E-state index in [2.05, 4.69) is 13.8 Å².